The number of hydrogen-bond donors (Lipinski definition) is 2. The first-order chi connectivity index (χ1) is 10.6. The zero-order valence-electron chi connectivity index (χ0n) is 12.0. The molecule has 0 bridgehead atoms. The average Bonchev–Trinajstić information content (AvgIpc) is 2.52. The van der Waals surface area contributed by atoms with Crippen molar-refractivity contribution in [2.45, 2.75) is 4.90 Å². The molecule has 0 aliphatic rings. The summed E-state index contributed by atoms with van der Waals surface area (Å²) in [5, 5.41) is 26.8. The van der Waals surface area contributed by atoms with Gasteiger partial charge >= 0.3 is 0 Å². The Balaban J connectivity index is 2.98. The molecule has 0 spiro atoms. The molecule has 2 N–H and O–H groups in total. The normalized spacial score (nSPS) is 12.3. The van der Waals surface area contributed by atoms with Crippen molar-refractivity contribution in [3.05, 3.63) is 53.6 Å². The Morgan fingerprint density at radius 3 is 2.27 bits per heavy atom. The quantitative estimate of drug-likeness (QED) is 0.539. The summed E-state index contributed by atoms with van der Waals surface area (Å²) in [6, 6.07) is 9.39. The highest BCUT2D eigenvalue weighted by Crippen LogP contribution is 2.18. The lowest BCUT2D eigenvalue weighted by atomic mass is 10.4. The number of sulfone groups is 1. The van der Waals surface area contributed by atoms with Gasteiger partial charge in [0.25, 0.3) is 0 Å². The molecule has 118 valence electrons. The summed E-state index contributed by atoms with van der Waals surface area (Å²) in [6.45, 7) is 0.416. The van der Waals surface area contributed by atoms with Crippen LogP contribution in [0.5, 0.6) is 0 Å². The number of aliphatic hydroxyl groups excluding tert-OH is 2. The molecule has 7 heteroatoms. The Hall–Kier alpha value is -2.14. The number of hydrogen-bond acceptors (Lipinski definition) is 6. The molecule has 0 aromatic heterocycles. The van der Waals surface area contributed by atoms with E-state index in [-0.39, 0.29) is 23.0 Å². The van der Waals surface area contributed by atoms with E-state index < -0.39 is 9.84 Å². The smallest absolute Gasteiger partial charge is 0.216 e. The molecule has 0 amide bonds. The second-order valence-corrected chi connectivity index (χ2v) is 6.20. The fourth-order valence-electron chi connectivity index (χ4n) is 1.68. The van der Waals surface area contributed by atoms with Gasteiger partial charge in [-0.2, -0.15) is 5.26 Å². The maximum Gasteiger partial charge on any atom is 0.216 e. The number of allylic oxidation sites excluding steroid dienone is 3. The van der Waals surface area contributed by atoms with Crippen LogP contribution < -0.4 is 0 Å². The monoisotopic (exact) mass is 322 g/mol. The van der Waals surface area contributed by atoms with Gasteiger partial charge in [-0.15, -0.1) is 0 Å². The Labute approximate surface area is 130 Å². The number of nitriles is 1. The first-order valence-corrected chi connectivity index (χ1v) is 8.09. The lowest BCUT2D eigenvalue weighted by Crippen LogP contribution is -2.24. The SMILES string of the molecule is N#C/C(=C/C=C/N(CCO)CCO)S(=O)(=O)c1ccccc1. The van der Waals surface area contributed by atoms with Gasteiger partial charge in [0.2, 0.25) is 9.84 Å². The summed E-state index contributed by atoms with van der Waals surface area (Å²) in [4.78, 5) is 1.29. The first kappa shape index (κ1) is 17.9. The third-order valence-electron chi connectivity index (χ3n) is 2.77. The summed E-state index contributed by atoms with van der Waals surface area (Å²) in [5.74, 6) is 0. The summed E-state index contributed by atoms with van der Waals surface area (Å²) in [5.41, 5.74) is 0. The van der Waals surface area contributed by atoms with E-state index in [9.17, 15) is 8.42 Å². The molecule has 0 atom stereocenters. The minimum absolute atomic E-state index is 0.0544. The van der Waals surface area contributed by atoms with E-state index in [0.717, 1.165) is 0 Å². The molecule has 6 nitrogen and oxygen atoms in total. The Morgan fingerprint density at radius 2 is 1.77 bits per heavy atom. The van der Waals surface area contributed by atoms with Gasteiger partial charge in [0.05, 0.1) is 18.1 Å². The van der Waals surface area contributed by atoms with E-state index in [1.54, 1.807) is 29.2 Å². The van der Waals surface area contributed by atoms with Crippen LogP contribution in [0, 0.1) is 11.3 Å². The van der Waals surface area contributed by atoms with Crippen LogP contribution >= 0.6 is 0 Å². The van der Waals surface area contributed by atoms with Crippen LogP contribution in [0.2, 0.25) is 0 Å². The molecule has 0 aliphatic carbocycles. The van der Waals surface area contributed by atoms with Crippen LogP contribution in [-0.4, -0.2) is 49.8 Å². The second-order valence-electron chi connectivity index (χ2n) is 4.28. The van der Waals surface area contributed by atoms with Gasteiger partial charge in [0.1, 0.15) is 11.0 Å². The highest BCUT2D eigenvalue weighted by atomic mass is 32.2. The predicted molar refractivity (Wildman–Crippen MR) is 82.2 cm³/mol. The van der Waals surface area contributed by atoms with Gasteiger partial charge < -0.3 is 15.1 Å². The summed E-state index contributed by atoms with van der Waals surface area (Å²) in [6.07, 6.45) is 4.12. The van der Waals surface area contributed by atoms with Crippen LogP contribution in [0.25, 0.3) is 0 Å². The van der Waals surface area contributed by atoms with Gasteiger partial charge in [-0.3, -0.25) is 0 Å². The Kier molecular flexibility index (Phi) is 7.32. The fourth-order valence-corrected chi connectivity index (χ4v) is 2.83. The maximum atomic E-state index is 12.3. The Morgan fingerprint density at radius 1 is 1.18 bits per heavy atom. The third-order valence-corrected chi connectivity index (χ3v) is 4.47. The van der Waals surface area contributed by atoms with E-state index >= 15 is 0 Å². The summed E-state index contributed by atoms with van der Waals surface area (Å²) >= 11 is 0. The topological polar surface area (TPSA) is 102 Å². The van der Waals surface area contributed by atoms with Gasteiger partial charge in [-0.25, -0.2) is 8.42 Å². The van der Waals surface area contributed by atoms with Crippen molar-refractivity contribution in [1.29, 1.82) is 5.26 Å². The third kappa shape index (κ3) is 5.00. The highest BCUT2D eigenvalue weighted by Gasteiger charge is 2.19. The molecular weight excluding hydrogens is 304 g/mol. The van der Waals surface area contributed by atoms with E-state index in [1.165, 1.54) is 30.5 Å². The van der Waals surface area contributed by atoms with E-state index in [2.05, 4.69) is 0 Å². The molecule has 22 heavy (non-hydrogen) atoms. The molecule has 0 unspecified atom stereocenters. The number of benzene rings is 1. The second kappa shape index (κ2) is 9.00. The molecular formula is C15H18N2O4S. The zero-order valence-corrected chi connectivity index (χ0v) is 12.8. The molecule has 0 aliphatic heterocycles. The molecule has 0 heterocycles. The van der Waals surface area contributed by atoms with E-state index in [4.69, 9.17) is 15.5 Å². The molecule has 1 aromatic rings. The summed E-state index contributed by atoms with van der Waals surface area (Å²) in [7, 11) is -3.84. The van der Waals surface area contributed by atoms with Crippen LogP contribution in [0.4, 0.5) is 0 Å². The minimum Gasteiger partial charge on any atom is -0.395 e. The Bertz CT molecular complexity index is 655. The summed E-state index contributed by atoms with van der Waals surface area (Å²) < 4.78 is 24.5. The largest absolute Gasteiger partial charge is 0.395 e. The first-order valence-electron chi connectivity index (χ1n) is 6.60. The van der Waals surface area contributed by atoms with Gasteiger partial charge in [0.15, 0.2) is 0 Å². The molecule has 0 saturated carbocycles. The van der Waals surface area contributed by atoms with Gasteiger partial charge in [0, 0.05) is 13.1 Å². The molecule has 0 fully saturated rings. The maximum absolute atomic E-state index is 12.3. The van der Waals surface area contributed by atoms with Gasteiger partial charge in [-0.05, 0) is 30.5 Å². The lowest BCUT2D eigenvalue weighted by molar-refractivity contribution is 0.199. The van der Waals surface area contributed by atoms with E-state index in [1.807, 2.05) is 0 Å². The standard InChI is InChI=1S/C15H18N2O4S/c16-13-15(7-4-8-17(9-11-18)10-12-19)22(20,21)14-5-2-1-3-6-14/h1-8,18-19H,9-12H2/b8-4+,15-7-. The van der Waals surface area contributed by atoms with Crippen molar-refractivity contribution in [1.82, 2.24) is 4.90 Å². The minimum atomic E-state index is -3.84. The van der Waals surface area contributed by atoms with Crippen LogP contribution in [-0.2, 0) is 9.84 Å². The van der Waals surface area contributed by atoms with E-state index in [0.29, 0.717) is 13.1 Å². The molecule has 1 aromatic carbocycles. The molecule has 0 radical (unpaired) electrons. The van der Waals surface area contributed by atoms with Crippen molar-refractivity contribution in [2.24, 2.45) is 0 Å². The number of rotatable bonds is 8. The predicted octanol–water partition coefficient (Wildman–Crippen LogP) is 0.668. The lowest BCUT2D eigenvalue weighted by Gasteiger charge is -2.16. The van der Waals surface area contributed by atoms with Crippen molar-refractivity contribution in [3.8, 4) is 6.07 Å². The average molecular weight is 322 g/mol. The van der Waals surface area contributed by atoms with Gasteiger partial charge in [-0.1, -0.05) is 18.2 Å². The zero-order chi connectivity index (χ0) is 16.4. The van der Waals surface area contributed by atoms with Crippen LogP contribution in [0.15, 0.2) is 58.5 Å². The highest BCUT2D eigenvalue weighted by molar-refractivity contribution is 7.95. The van der Waals surface area contributed by atoms with Crippen LogP contribution in [0.3, 0.4) is 0 Å². The van der Waals surface area contributed by atoms with Crippen LogP contribution in [0.1, 0.15) is 0 Å². The molecule has 0 saturated heterocycles. The number of aliphatic hydroxyl groups is 2. The van der Waals surface area contributed by atoms with Crippen molar-refractivity contribution in [2.75, 3.05) is 26.3 Å². The molecule has 1 rings (SSSR count). The van der Waals surface area contributed by atoms with Crippen molar-refractivity contribution in [3.63, 3.8) is 0 Å². The number of nitrogens with zero attached hydrogens (tertiary/aromatic N) is 2. The van der Waals surface area contributed by atoms with Crippen molar-refractivity contribution >= 4 is 9.84 Å². The fraction of sp³-hybridized carbons (Fsp3) is 0.267. The van der Waals surface area contributed by atoms with Crippen molar-refractivity contribution < 1.29 is 18.6 Å².